The van der Waals surface area contributed by atoms with E-state index in [1.54, 1.807) is 12.1 Å². The molecule has 0 fully saturated rings. The van der Waals surface area contributed by atoms with Crippen molar-refractivity contribution in [2.24, 2.45) is 11.5 Å². The van der Waals surface area contributed by atoms with Crippen LogP contribution in [0.5, 0.6) is 0 Å². The summed E-state index contributed by atoms with van der Waals surface area (Å²) in [4.78, 5) is 13.0. The fraction of sp³-hybridized carbons (Fsp3) is 0.316. The molecule has 0 aliphatic rings. The van der Waals surface area contributed by atoms with Crippen LogP contribution in [0, 0.1) is 0 Å². The van der Waals surface area contributed by atoms with E-state index in [9.17, 15) is 4.79 Å². The van der Waals surface area contributed by atoms with Gasteiger partial charge in [0.25, 0.3) is 0 Å². The molecule has 2 atom stereocenters. The van der Waals surface area contributed by atoms with Crippen LogP contribution < -0.4 is 11.5 Å². The van der Waals surface area contributed by atoms with Crippen LogP contribution in [0.25, 0.3) is 0 Å². The van der Waals surface area contributed by atoms with E-state index in [4.69, 9.17) is 34.7 Å². The van der Waals surface area contributed by atoms with E-state index < -0.39 is 0 Å². The van der Waals surface area contributed by atoms with E-state index in [-0.39, 0.29) is 17.6 Å². The number of hydrogen-bond donors (Lipinski definition) is 2. The monoisotopic (exact) mass is 364 g/mol. The predicted octanol–water partition coefficient (Wildman–Crippen LogP) is 4.39. The Morgan fingerprint density at radius 3 is 1.58 bits per heavy atom. The van der Waals surface area contributed by atoms with Crippen molar-refractivity contribution in [3.63, 3.8) is 0 Å². The van der Waals surface area contributed by atoms with Crippen LogP contribution in [0.2, 0.25) is 10.0 Å². The molecule has 2 rings (SSSR count). The minimum absolute atomic E-state index is 0.0870. The van der Waals surface area contributed by atoms with Gasteiger partial charge in [0.15, 0.2) is 0 Å². The number of halogens is 2. The SMILES string of the molecule is CC(C(=O)C(C)c1cc(Cl)ccc1CN)c1cc(Cl)ccc1CN. The van der Waals surface area contributed by atoms with Crippen molar-refractivity contribution in [2.75, 3.05) is 0 Å². The van der Waals surface area contributed by atoms with Crippen LogP contribution in [-0.4, -0.2) is 5.78 Å². The van der Waals surface area contributed by atoms with Gasteiger partial charge >= 0.3 is 0 Å². The van der Waals surface area contributed by atoms with E-state index in [2.05, 4.69) is 0 Å². The lowest BCUT2D eigenvalue weighted by molar-refractivity contribution is -0.121. The summed E-state index contributed by atoms with van der Waals surface area (Å²) in [6.07, 6.45) is 0. The summed E-state index contributed by atoms with van der Waals surface area (Å²) >= 11 is 12.2. The number of carbonyl (C=O) groups is 1. The summed E-state index contributed by atoms with van der Waals surface area (Å²) < 4.78 is 0. The quantitative estimate of drug-likeness (QED) is 0.798. The van der Waals surface area contributed by atoms with Crippen molar-refractivity contribution >= 4 is 29.0 Å². The largest absolute Gasteiger partial charge is 0.326 e. The van der Waals surface area contributed by atoms with E-state index in [0.29, 0.717) is 23.1 Å². The molecule has 3 nitrogen and oxygen atoms in total. The molecule has 5 heteroatoms. The molecule has 0 saturated carbocycles. The summed E-state index contributed by atoms with van der Waals surface area (Å²) in [6.45, 7) is 4.50. The normalized spacial score (nSPS) is 13.6. The molecule has 2 aromatic rings. The average molecular weight is 365 g/mol. The van der Waals surface area contributed by atoms with Gasteiger partial charge in [0.2, 0.25) is 0 Å². The van der Waals surface area contributed by atoms with Crippen LogP contribution in [0.3, 0.4) is 0 Å². The van der Waals surface area contributed by atoms with Gasteiger partial charge in [0, 0.05) is 35.0 Å². The van der Waals surface area contributed by atoms with Gasteiger partial charge in [-0.3, -0.25) is 4.79 Å². The Morgan fingerprint density at radius 2 is 1.25 bits per heavy atom. The zero-order valence-electron chi connectivity index (χ0n) is 13.9. The highest BCUT2D eigenvalue weighted by molar-refractivity contribution is 6.31. The molecule has 2 unspecified atom stereocenters. The van der Waals surface area contributed by atoms with Gasteiger partial charge in [-0.15, -0.1) is 0 Å². The van der Waals surface area contributed by atoms with Crippen molar-refractivity contribution < 1.29 is 4.79 Å². The van der Waals surface area contributed by atoms with Crippen molar-refractivity contribution in [2.45, 2.75) is 38.8 Å². The zero-order valence-corrected chi connectivity index (χ0v) is 15.4. The van der Waals surface area contributed by atoms with Crippen LogP contribution >= 0.6 is 23.2 Å². The molecule has 24 heavy (non-hydrogen) atoms. The molecule has 2 aromatic carbocycles. The van der Waals surface area contributed by atoms with E-state index >= 15 is 0 Å². The highest BCUT2D eigenvalue weighted by Gasteiger charge is 2.26. The fourth-order valence-corrected chi connectivity index (χ4v) is 3.35. The van der Waals surface area contributed by atoms with E-state index in [0.717, 1.165) is 22.3 Å². The molecule has 0 spiro atoms. The molecule has 0 heterocycles. The number of Topliss-reactive ketones (excluding diaryl/α,β-unsaturated/α-hetero) is 1. The van der Waals surface area contributed by atoms with Gasteiger partial charge in [-0.1, -0.05) is 49.2 Å². The third kappa shape index (κ3) is 3.98. The number of ketones is 1. The lowest BCUT2D eigenvalue weighted by Crippen LogP contribution is -2.20. The van der Waals surface area contributed by atoms with Crippen LogP contribution in [-0.2, 0) is 17.9 Å². The van der Waals surface area contributed by atoms with Gasteiger partial charge in [-0.2, -0.15) is 0 Å². The Bertz CT molecular complexity index is 685. The second kappa shape index (κ2) is 8.13. The first-order valence-electron chi connectivity index (χ1n) is 7.89. The first kappa shape index (κ1) is 18.9. The van der Waals surface area contributed by atoms with Gasteiger partial charge in [0.1, 0.15) is 5.78 Å². The van der Waals surface area contributed by atoms with Crippen LogP contribution in [0.1, 0.15) is 47.9 Å². The maximum atomic E-state index is 13.0. The molecule has 0 amide bonds. The number of benzene rings is 2. The Balaban J connectivity index is 2.38. The molecule has 0 aliphatic carbocycles. The standard InChI is InChI=1S/C19H22Cl2N2O/c1-11(17-7-15(20)5-3-13(17)9-22)19(24)12(2)18-8-16(21)6-4-14(18)10-23/h3-8,11-12H,9-10,22-23H2,1-2H3. The molecule has 0 radical (unpaired) electrons. The highest BCUT2D eigenvalue weighted by Crippen LogP contribution is 2.32. The lowest BCUT2D eigenvalue weighted by Gasteiger charge is -2.21. The summed E-state index contributed by atoms with van der Waals surface area (Å²) in [5.74, 6) is -0.548. The molecule has 128 valence electrons. The number of hydrogen-bond acceptors (Lipinski definition) is 3. The Morgan fingerprint density at radius 1 is 0.875 bits per heavy atom. The van der Waals surface area contributed by atoms with Crippen molar-refractivity contribution in [3.8, 4) is 0 Å². The second-order valence-electron chi connectivity index (χ2n) is 5.94. The fourth-order valence-electron chi connectivity index (χ4n) is 2.99. The lowest BCUT2D eigenvalue weighted by atomic mass is 9.82. The Kier molecular flexibility index (Phi) is 6.41. The highest BCUT2D eigenvalue weighted by atomic mass is 35.5. The number of nitrogens with two attached hydrogens (primary N) is 2. The molecule has 0 saturated heterocycles. The van der Waals surface area contributed by atoms with Gasteiger partial charge < -0.3 is 11.5 Å². The smallest absolute Gasteiger partial charge is 0.147 e. The molecule has 0 bridgehead atoms. The van der Waals surface area contributed by atoms with Gasteiger partial charge in [-0.25, -0.2) is 0 Å². The van der Waals surface area contributed by atoms with Gasteiger partial charge in [-0.05, 0) is 46.5 Å². The Labute approximate surface area is 152 Å². The van der Waals surface area contributed by atoms with E-state index in [1.165, 1.54) is 0 Å². The molecule has 0 aliphatic heterocycles. The third-order valence-electron chi connectivity index (χ3n) is 4.44. The molecular formula is C19H22Cl2N2O. The van der Waals surface area contributed by atoms with Crippen LogP contribution in [0.15, 0.2) is 36.4 Å². The second-order valence-corrected chi connectivity index (χ2v) is 6.81. The van der Waals surface area contributed by atoms with Crippen LogP contribution in [0.4, 0.5) is 0 Å². The maximum absolute atomic E-state index is 13.0. The predicted molar refractivity (Wildman–Crippen MR) is 101 cm³/mol. The number of rotatable bonds is 6. The molecular weight excluding hydrogens is 343 g/mol. The van der Waals surface area contributed by atoms with Crippen molar-refractivity contribution in [1.82, 2.24) is 0 Å². The van der Waals surface area contributed by atoms with Crippen molar-refractivity contribution in [3.05, 3.63) is 68.7 Å². The number of carbonyl (C=O) groups excluding carboxylic acids is 1. The first-order valence-corrected chi connectivity index (χ1v) is 8.65. The topological polar surface area (TPSA) is 69.1 Å². The molecule has 0 aromatic heterocycles. The van der Waals surface area contributed by atoms with Crippen molar-refractivity contribution in [1.29, 1.82) is 0 Å². The van der Waals surface area contributed by atoms with E-state index in [1.807, 2.05) is 38.1 Å². The van der Waals surface area contributed by atoms with Gasteiger partial charge in [0.05, 0.1) is 0 Å². The zero-order chi connectivity index (χ0) is 17.9. The minimum Gasteiger partial charge on any atom is -0.326 e. The average Bonchev–Trinajstić information content (AvgIpc) is 2.59. The summed E-state index contributed by atoms with van der Waals surface area (Å²) in [5, 5.41) is 1.19. The third-order valence-corrected chi connectivity index (χ3v) is 4.91. The maximum Gasteiger partial charge on any atom is 0.147 e. The summed E-state index contributed by atoms with van der Waals surface area (Å²) in [6, 6.07) is 11.0. The minimum atomic E-state index is -0.318. The summed E-state index contributed by atoms with van der Waals surface area (Å²) in [5.41, 5.74) is 15.2. The Hall–Kier alpha value is -1.39. The molecule has 4 N–H and O–H groups in total. The first-order chi connectivity index (χ1) is 11.4. The summed E-state index contributed by atoms with van der Waals surface area (Å²) in [7, 11) is 0.